The fourth-order valence-electron chi connectivity index (χ4n) is 2.79. The lowest BCUT2D eigenvalue weighted by Crippen LogP contribution is -2.35. The van der Waals surface area contributed by atoms with Crippen LogP contribution in [0.3, 0.4) is 0 Å². The van der Waals surface area contributed by atoms with Gasteiger partial charge in [-0.25, -0.2) is 4.79 Å². The summed E-state index contributed by atoms with van der Waals surface area (Å²) in [4.78, 5) is 12.0. The Kier molecular flexibility index (Phi) is 6.33. The third-order valence-electron chi connectivity index (χ3n) is 4.19. The van der Waals surface area contributed by atoms with E-state index >= 15 is 0 Å². The van der Waals surface area contributed by atoms with Crippen LogP contribution in [-0.4, -0.2) is 32.9 Å². The van der Waals surface area contributed by atoms with Crippen molar-refractivity contribution in [3.63, 3.8) is 0 Å². The van der Waals surface area contributed by atoms with Crippen molar-refractivity contribution in [2.45, 2.75) is 12.8 Å². The van der Waals surface area contributed by atoms with Crippen molar-refractivity contribution in [1.29, 1.82) is 0 Å². The summed E-state index contributed by atoms with van der Waals surface area (Å²) in [6, 6.07) is 14.4. The van der Waals surface area contributed by atoms with Crippen LogP contribution in [0.2, 0.25) is 0 Å². The van der Waals surface area contributed by atoms with E-state index in [1.54, 1.807) is 19.2 Å². The highest BCUT2D eigenvalue weighted by Crippen LogP contribution is 2.26. The first-order valence-electron chi connectivity index (χ1n) is 8.77. The Morgan fingerprint density at radius 1 is 1.15 bits per heavy atom. The number of carbonyl (C=O) groups excluding carboxylic acids is 1. The Labute approximate surface area is 153 Å². The maximum absolute atomic E-state index is 12.0. The number of methoxy groups -OCH3 is 1. The topological polar surface area (TPSA) is 68.8 Å². The van der Waals surface area contributed by atoms with E-state index < -0.39 is 0 Å². The van der Waals surface area contributed by atoms with Crippen molar-refractivity contribution in [2.75, 3.05) is 32.2 Å². The molecule has 0 radical (unpaired) electrons. The number of amides is 2. The Hall–Kier alpha value is -2.73. The van der Waals surface area contributed by atoms with E-state index in [9.17, 15) is 4.79 Å². The Balaban J connectivity index is 1.48. The summed E-state index contributed by atoms with van der Waals surface area (Å²) in [5, 5.41) is 5.72. The summed E-state index contributed by atoms with van der Waals surface area (Å²) in [6.07, 6.45) is 2.15. The Morgan fingerprint density at radius 2 is 1.96 bits per heavy atom. The third kappa shape index (κ3) is 5.39. The van der Waals surface area contributed by atoms with Crippen molar-refractivity contribution in [3.8, 4) is 17.2 Å². The minimum Gasteiger partial charge on any atom is -0.497 e. The van der Waals surface area contributed by atoms with Crippen molar-refractivity contribution >= 4 is 11.7 Å². The van der Waals surface area contributed by atoms with Crippen LogP contribution in [-0.2, 0) is 4.74 Å². The van der Waals surface area contributed by atoms with Crippen LogP contribution < -0.4 is 20.1 Å². The molecule has 1 aliphatic rings. The first-order valence-corrected chi connectivity index (χ1v) is 8.77. The van der Waals surface area contributed by atoms with Crippen LogP contribution in [0.25, 0.3) is 0 Å². The van der Waals surface area contributed by atoms with Crippen LogP contribution >= 0.6 is 0 Å². The van der Waals surface area contributed by atoms with Crippen LogP contribution in [0.5, 0.6) is 17.2 Å². The van der Waals surface area contributed by atoms with Gasteiger partial charge in [-0.05, 0) is 55.2 Å². The third-order valence-corrected chi connectivity index (χ3v) is 4.19. The van der Waals surface area contributed by atoms with E-state index in [0.29, 0.717) is 29.6 Å². The normalized spacial score (nSPS) is 16.6. The SMILES string of the molecule is COc1cccc(Oc2ccc(NC(=O)NC[C@@H]3CCCOC3)cc2)c1. The van der Waals surface area contributed by atoms with Gasteiger partial charge in [-0.2, -0.15) is 0 Å². The van der Waals surface area contributed by atoms with Crippen molar-refractivity contribution in [2.24, 2.45) is 5.92 Å². The number of nitrogens with one attached hydrogen (secondary N) is 2. The van der Waals surface area contributed by atoms with Gasteiger partial charge in [0.15, 0.2) is 0 Å². The standard InChI is InChI=1S/C20H24N2O4/c1-24-18-5-2-6-19(12-18)26-17-9-7-16(8-10-17)22-20(23)21-13-15-4-3-11-25-14-15/h2,5-10,12,15H,3-4,11,13-14H2,1H3,(H2,21,22,23)/t15-/m0/s1. The Bertz CT molecular complexity index is 712. The quantitative estimate of drug-likeness (QED) is 0.820. The molecular formula is C20H24N2O4. The lowest BCUT2D eigenvalue weighted by molar-refractivity contribution is 0.0559. The molecule has 1 saturated heterocycles. The van der Waals surface area contributed by atoms with E-state index in [1.165, 1.54) is 0 Å². The monoisotopic (exact) mass is 356 g/mol. The smallest absolute Gasteiger partial charge is 0.319 e. The maximum Gasteiger partial charge on any atom is 0.319 e. The summed E-state index contributed by atoms with van der Waals surface area (Å²) in [6.45, 7) is 2.17. The number of benzene rings is 2. The van der Waals surface area contributed by atoms with Crippen molar-refractivity contribution in [1.82, 2.24) is 5.32 Å². The molecule has 138 valence electrons. The van der Waals surface area contributed by atoms with Crippen molar-refractivity contribution < 1.29 is 19.0 Å². The summed E-state index contributed by atoms with van der Waals surface area (Å²) in [5.74, 6) is 2.51. The molecule has 6 heteroatoms. The summed E-state index contributed by atoms with van der Waals surface area (Å²) in [5.41, 5.74) is 0.709. The second-order valence-corrected chi connectivity index (χ2v) is 6.22. The lowest BCUT2D eigenvalue weighted by atomic mass is 10.0. The molecule has 0 aromatic heterocycles. The molecule has 1 aliphatic heterocycles. The minimum atomic E-state index is -0.211. The Morgan fingerprint density at radius 3 is 2.69 bits per heavy atom. The molecule has 6 nitrogen and oxygen atoms in total. The number of ether oxygens (including phenoxy) is 3. The molecule has 0 aliphatic carbocycles. The van der Waals surface area contributed by atoms with Gasteiger partial charge in [0.05, 0.1) is 13.7 Å². The second kappa shape index (κ2) is 9.10. The van der Waals surface area contributed by atoms with Crippen LogP contribution in [0.1, 0.15) is 12.8 Å². The fraction of sp³-hybridized carbons (Fsp3) is 0.350. The lowest BCUT2D eigenvalue weighted by Gasteiger charge is -2.22. The highest BCUT2D eigenvalue weighted by Gasteiger charge is 2.14. The summed E-state index contributed by atoms with van der Waals surface area (Å²) >= 11 is 0. The van der Waals surface area contributed by atoms with Gasteiger partial charge < -0.3 is 24.8 Å². The summed E-state index contributed by atoms with van der Waals surface area (Å²) < 4.78 is 16.4. The number of carbonyl (C=O) groups is 1. The molecule has 0 bridgehead atoms. The number of urea groups is 1. The van der Waals surface area contributed by atoms with Crippen LogP contribution in [0, 0.1) is 5.92 Å². The van der Waals surface area contributed by atoms with Gasteiger partial charge in [-0.1, -0.05) is 6.07 Å². The van der Waals surface area contributed by atoms with Gasteiger partial charge in [-0.15, -0.1) is 0 Å². The zero-order valence-corrected chi connectivity index (χ0v) is 14.9. The molecule has 1 heterocycles. The first kappa shape index (κ1) is 18.1. The highest BCUT2D eigenvalue weighted by atomic mass is 16.5. The van der Waals surface area contributed by atoms with E-state index in [4.69, 9.17) is 14.2 Å². The largest absolute Gasteiger partial charge is 0.497 e. The second-order valence-electron chi connectivity index (χ2n) is 6.22. The minimum absolute atomic E-state index is 0.211. The maximum atomic E-state index is 12.0. The average molecular weight is 356 g/mol. The van der Waals surface area contributed by atoms with E-state index in [0.717, 1.165) is 31.8 Å². The molecule has 0 spiro atoms. The van der Waals surface area contributed by atoms with Gasteiger partial charge in [0.2, 0.25) is 0 Å². The molecule has 26 heavy (non-hydrogen) atoms. The average Bonchev–Trinajstić information content (AvgIpc) is 2.69. The van der Waals surface area contributed by atoms with E-state index in [1.807, 2.05) is 36.4 Å². The number of hydrogen-bond donors (Lipinski definition) is 2. The van der Waals surface area contributed by atoms with Crippen molar-refractivity contribution in [3.05, 3.63) is 48.5 Å². The molecule has 2 N–H and O–H groups in total. The predicted octanol–water partition coefficient (Wildman–Crippen LogP) is 4.04. The number of rotatable bonds is 6. The van der Waals surface area contributed by atoms with Gasteiger partial charge in [0, 0.05) is 24.9 Å². The molecule has 0 unspecified atom stereocenters. The molecule has 1 fully saturated rings. The van der Waals surface area contributed by atoms with Gasteiger partial charge in [0.25, 0.3) is 0 Å². The molecule has 2 aromatic rings. The highest BCUT2D eigenvalue weighted by molar-refractivity contribution is 5.89. The summed E-state index contributed by atoms with van der Waals surface area (Å²) in [7, 11) is 1.62. The first-order chi connectivity index (χ1) is 12.7. The number of hydrogen-bond acceptors (Lipinski definition) is 4. The molecular weight excluding hydrogens is 332 g/mol. The molecule has 2 aromatic carbocycles. The van der Waals surface area contributed by atoms with Crippen LogP contribution in [0.15, 0.2) is 48.5 Å². The van der Waals surface area contributed by atoms with Crippen LogP contribution in [0.4, 0.5) is 10.5 Å². The van der Waals surface area contributed by atoms with E-state index in [-0.39, 0.29) is 6.03 Å². The fourth-order valence-corrected chi connectivity index (χ4v) is 2.79. The molecule has 0 saturated carbocycles. The zero-order valence-electron chi connectivity index (χ0n) is 14.9. The molecule has 3 rings (SSSR count). The van der Waals surface area contributed by atoms with Gasteiger partial charge in [-0.3, -0.25) is 0 Å². The predicted molar refractivity (Wildman–Crippen MR) is 100 cm³/mol. The van der Waals surface area contributed by atoms with Gasteiger partial charge >= 0.3 is 6.03 Å². The van der Waals surface area contributed by atoms with E-state index in [2.05, 4.69) is 10.6 Å². The zero-order chi connectivity index (χ0) is 18.2. The number of anilines is 1. The molecule has 1 atom stereocenters. The van der Waals surface area contributed by atoms with Gasteiger partial charge in [0.1, 0.15) is 17.2 Å². The molecule has 2 amide bonds.